The maximum Gasteiger partial charge on any atom is 0.0730 e. The maximum atomic E-state index is 5.94. The standard InChI is InChI=1S/C13H9BrN2/c14-10-3-1-5-12-8(10)7-9-11(15)4-2-6-13(9)16-12/h1-7H,15H2. The lowest BCUT2D eigenvalue weighted by Gasteiger charge is -2.05. The normalized spacial score (nSPS) is 11.1. The molecule has 0 spiro atoms. The van der Waals surface area contributed by atoms with E-state index in [9.17, 15) is 0 Å². The second-order valence-corrected chi connectivity index (χ2v) is 4.56. The van der Waals surface area contributed by atoms with Gasteiger partial charge >= 0.3 is 0 Å². The SMILES string of the molecule is Nc1cccc2nc3cccc(Br)c3cc12. The lowest BCUT2D eigenvalue weighted by atomic mass is 10.1. The second kappa shape index (κ2) is 3.46. The summed E-state index contributed by atoms with van der Waals surface area (Å²) in [4.78, 5) is 4.59. The van der Waals surface area contributed by atoms with Gasteiger partial charge in [0, 0.05) is 20.9 Å². The summed E-state index contributed by atoms with van der Waals surface area (Å²) < 4.78 is 1.04. The number of nitrogen functional groups attached to an aromatic ring is 1. The number of halogens is 1. The number of fused-ring (bicyclic) bond motifs is 2. The number of anilines is 1. The monoisotopic (exact) mass is 272 g/mol. The van der Waals surface area contributed by atoms with E-state index in [2.05, 4.69) is 27.0 Å². The van der Waals surface area contributed by atoms with Crippen molar-refractivity contribution in [1.82, 2.24) is 4.98 Å². The van der Waals surface area contributed by atoms with Crippen LogP contribution in [0.1, 0.15) is 0 Å². The lowest BCUT2D eigenvalue weighted by Crippen LogP contribution is -1.89. The number of hydrogen-bond donors (Lipinski definition) is 1. The maximum absolute atomic E-state index is 5.94. The molecule has 78 valence electrons. The Morgan fingerprint density at radius 2 is 1.62 bits per heavy atom. The first-order valence-corrected chi connectivity index (χ1v) is 5.78. The number of pyridine rings is 1. The molecular weight excluding hydrogens is 264 g/mol. The van der Waals surface area contributed by atoms with Crippen LogP contribution in [-0.2, 0) is 0 Å². The first-order chi connectivity index (χ1) is 7.75. The molecular formula is C13H9BrN2. The number of nitrogens with zero attached hydrogens (tertiary/aromatic N) is 1. The van der Waals surface area contributed by atoms with Crippen LogP contribution in [0.25, 0.3) is 21.8 Å². The van der Waals surface area contributed by atoms with E-state index < -0.39 is 0 Å². The Balaban J connectivity index is 2.55. The summed E-state index contributed by atoms with van der Waals surface area (Å²) in [6.45, 7) is 0. The average molecular weight is 273 g/mol. The fraction of sp³-hybridized carbons (Fsp3) is 0. The minimum absolute atomic E-state index is 0.766. The zero-order chi connectivity index (χ0) is 11.1. The number of rotatable bonds is 0. The van der Waals surface area contributed by atoms with Crippen molar-refractivity contribution in [2.75, 3.05) is 5.73 Å². The molecule has 16 heavy (non-hydrogen) atoms. The largest absolute Gasteiger partial charge is 0.398 e. The molecule has 0 saturated carbocycles. The molecule has 0 saturated heterocycles. The van der Waals surface area contributed by atoms with E-state index in [-0.39, 0.29) is 0 Å². The summed E-state index contributed by atoms with van der Waals surface area (Å²) in [6, 6.07) is 13.9. The van der Waals surface area contributed by atoms with Crippen molar-refractivity contribution < 1.29 is 0 Å². The van der Waals surface area contributed by atoms with Crippen molar-refractivity contribution >= 4 is 43.4 Å². The molecule has 3 aromatic rings. The van der Waals surface area contributed by atoms with Gasteiger partial charge in [0.05, 0.1) is 11.0 Å². The van der Waals surface area contributed by atoms with Gasteiger partial charge in [-0.25, -0.2) is 4.98 Å². The van der Waals surface area contributed by atoms with Crippen LogP contribution in [-0.4, -0.2) is 4.98 Å². The molecule has 0 bridgehead atoms. The molecule has 2 aromatic carbocycles. The van der Waals surface area contributed by atoms with Gasteiger partial charge in [0.2, 0.25) is 0 Å². The zero-order valence-electron chi connectivity index (χ0n) is 8.44. The average Bonchev–Trinajstić information content (AvgIpc) is 2.28. The van der Waals surface area contributed by atoms with Gasteiger partial charge in [-0.05, 0) is 30.3 Å². The fourth-order valence-electron chi connectivity index (χ4n) is 1.87. The van der Waals surface area contributed by atoms with Crippen LogP contribution in [0.5, 0.6) is 0 Å². The molecule has 0 atom stereocenters. The quantitative estimate of drug-likeness (QED) is 0.500. The van der Waals surface area contributed by atoms with Crippen LogP contribution >= 0.6 is 15.9 Å². The summed E-state index contributed by atoms with van der Waals surface area (Å²) in [5.74, 6) is 0. The Kier molecular flexibility index (Phi) is 2.07. The predicted octanol–water partition coefficient (Wildman–Crippen LogP) is 3.73. The highest BCUT2D eigenvalue weighted by Gasteiger charge is 2.04. The minimum Gasteiger partial charge on any atom is -0.398 e. The number of benzene rings is 2. The third-order valence-corrected chi connectivity index (χ3v) is 3.37. The lowest BCUT2D eigenvalue weighted by molar-refractivity contribution is 1.49. The first kappa shape index (κ1) is 9.60. The zero-order valence-corrected chi connectivity index (χ0v) is 10.0. The van der Waals surface area contributed by atoms with Gasteiger partial charge in [-0.3, -0.25) is 0 Å². The summed E-state index contributed by atoms with van der Waals surface area (Å²) in [5, 5.41) is 2.09. The van der Waals surface area contributed by atoms with E-state index in [1.54, 1.807) is 0 Å². The van der Waals surface area contributed by atoms with Gasteiger partial charge in [0.25, 0.3) is 0 Å². The third kappa shape index (κ3) is 1.36. The van der Waals surface area contributed by atoms with Crippen molar-refractivity contribution in [3.8, 4) is 0 Å². The molecule has 3 heteroatoms. The van der Waals surface area contributed by atoms with Crippen LogP contribution < -0.4 is 5.73 Å². The van der Waals surface area contributed by atoms with E-state index >= 15 is 0 Å². The molecule has 1 heterocycles. The summed E-state index contributed by atoms with van der Waals surface area (Å²) in [6.07, 6.45) is 0. The van der Waals surface area contributed by atoms with Gasteiger partial charge in [-0.1, -0.05) is 28.1 Å². The molecule has 0 aliphatic carbocycles. The summed E-state index contributed by atoms with van der Waals surface area (Å²) in [7, 11) is 0. The molecule has 2 N–H and O–H groups in total. The van der Waals surface area contributed by atoms with Crippen molar-refractivity contribution in [1.29, 1.82) is 0 Å². The molecule has 0 fully saturated rings. The van der Waals surface area contributed by atoms with Crippen molar-refractivity contribution in [3.05, 3.63) is 46.9 Å². The topological polar surface area (TPSA) is 38.9 Å². The Morgan fingerprint density at radius 3 is 2.44 bits per heavy atom. The van der Waals surface area contributed by atoms with Gasteiger partial charge in [0.1, 0.15) is 0 Å². The van der Waals surface area contributed by atoms with Gasteiger partial charge < -0.3 is 5.73 Å². The molecule has 2 nitrogen and oxygen atoms in total. The third-order valence-electron chi connectivity index (χ3n) is 2.68. The van der Waals surface area contributed by atoms with Crippen molar-refractivity contribution in [3.63, 3.8) is 0 Å². The van der Waals surface area contributed by atoms with E-state index in [0.29, 0.717) is 0 Å². The smallest absolute Gasteiger partial charge is 0.0730 e. The summed E-state index contributed by atoms with van der Waals surface area (Å²) in [5.41, 5.74) is 8.62. The van der Waals surface area contributed by atoms with Crippen LogP contribution in [0.3, 0.4) is 0 Å². The van der Waals surface area contributed by atoms with Gasteiger partial charge in [-0.2, -0.15) is 0 Å². The highest BCUT2D eigenvalue weighted by Crippen LogP contribution is 2.28. The molecule has 0 aliphatic heterocycles. The number of hydrogen-bond acceptors (Lipinski definition) is 2. The van der Waals surface area contributed by atoms with Crippen LogP contribution in [0.15, 0.2) is 46.9 Å². The fourth-order valence-corrected chi connectivity index (χ4v) is 2.34. The molecule has 0 unspecified atom stereocenters. The van der Waals surface area contributed by atoms with Crippen LogP contribution in [0.4, 0.5) is 5.69 Å². The van der Waals surface area contributed by atoms with Crippen LogP contribution in [0.2, 0.25) is 0 Å². The van der Waals surface area contributed by atoms with Crippen molar-refractivity contribution in [2.24, 2.45) is 0 Å². The molecule has 0 radical (unpaired) electrons. The first-order valence-electron chi connectivity index (χ1n) is 4.99. The van der Waals surface area contributed by atoms with Gasteiger partial charge in [-0.15, -0.1) is 0 Å². The Hall–Kier alpha value is -1.61. The predicted molar refractivity (Wildman–Crippen MR) is 71.4 cm³/mol. The van der Waals surface area contributed by atoms with E-state index in [1.165, 1.54) is 0 Å². The van der Waals surface area contributed by atoms with E-state index in [1.807, 2.05) is 36.4 Å². The summed E-state index contributed by atoms with van der Waals surface area (Å²) >= 11 is 3.53. The number of nitrogens with two attached hydrogens (primary N) is 1. The Morgan fingerprint density at radius 1 is 0.938 bits per heavy atom. The van der Waals surface area contributed by atoms with Crippen molar-refractivity contribution in [2.45, 2.75) is 0 Å². The molecule has 3 rings (SSSR count). The Bertz CT molecular complexity index is 635. The van der Waals surface area contributed by atoms with Gasteiger partial charge in [0.15, 0.2) is 0 Å². The molecule has 1 aromatic heterocycles. The van der Waals surface area contributed by atoms with E-state index in [0.717, 1.165) is 32.0 Å². The van der Waals surface area contributed by atoms with Crippen LogP contribution in [0, 0.1) is 0 Å². The highest BCUT2D eigenvalue weighted by molar-refractivity contribution is 9.10. The second-order valence-electron chi connectivity index (χ2n) is 3.71. The van der Waals surface area contributed by atoms with E-state index in [4.69, 9.17) is 5.73 Å². The molecule has 0 amide bonds. The molecule has 0 aliphatic rings. The Labute approximate surface area is 101 Å². The minimum atomic E-state index is 0.766. The highest BCUT2D eigenvalue weighted by atomic mass is 79.9. The number of aromatic nitrogens is 1.